The molecule has 0 spiro atoms. The van der Waals surface area contributed by atoms with E-state index in [1.165, 1.54) is 5.56 Å². The Morgan fingerprint density at radius 1 is 1.44 bits per heavy atom. The minimum Gasteiger partial charge on any atom is -0.396 e. The molecule has 0 saturated heterocycles. The molecule has 0 amide bonds. The van der Waals surface area contributed by atoms with Crippen molar-refractivity contribution in [3.8, 4) is 0 Å². The van der Waals surface area contributed by atoms with Crippen LogP contribution in [0.15, 0.2) is 30.6 Å². The number of hydrogen-bond donors (Lipinski definition) is 2. The molecule has 2 aromatic rings. The van der Waals surface area contributed by atoms with Crippen LogP contribution in [0.3, 0.4) is 0 Å². The van der Waals surface area contributed by atoms with E-state index in [9.17, 15) is 0 Å². The summed E-state index contributed by atoms with van der Waals surface area (Å²) in [5.74, 6) is 0.406. The molecule has 0 aliphatic rings. The molecule has 0 saturated carbocycles. The molecule has 0 aliphatic heterocycles. The van der Waals surface area contributed by atoms with Crippen LogP contribution in [-0.2, 0) is 6.54 Å². The number of aliphatic hydroxyl groups excluding tert-OH is 1. The van der Waals surface area contributed by atoms with E-state index in [1.54, 1.807) is 0 Å². The summed E-state index contributed by atoms with van der Waals surface area (Å²) in [6.45, 7) is 4.19. The van der Waals surface area contributed by atoms with Crippen molar-refractivity contribution >= 4 is 5.52 Å². The highest BCUT2D eigenvalue weighted by atomic mass is 16.3. The Labute approximate surface area is 108 Å². The minimum atomic E-state index is 0.286. The molecule has 0 aliphatic carbocycles. The first-order valence-electron chi connectivity index (χ1n) is 6.54. The molecule has 0 fully saturated rings. The molecule has 4 nitrogen and oxygen atoms in total. The van der Waals surface area contributed by atoms with E-state index in [-0.39, 0.29) is 6.61 Å². The number of hydrogen-bond acceptors (Lipinski definition) is 3. The van der Waals surface area contributed by atoms with Crippen molar-refractivity contribution in [2.75, 3.05) is 13.2 Å². The summed E-state index contributed by atoms with van der Waals surface area (Å²) < 4.78 is 1.89. The first kappa shape index (κ1) is 13.1. The Bertz CT molecular complexity index is 481. The molecule has 2 N–H and O–H groups in total. The maximum atomic E-state index is 8.93. The van der Waals surface area contributed by atoms with Gasteiger partial charge in [0.15, 0.2) is 0 Å². The van der Waals surface area contributed by atoms with Crippen LogP contribution in [0, 0.1) is 5.92 Å². The number of aromatic nitrogens is 2. The fourth-order valence-electron chi connectivity index (χ4n) is 2.01. The zero-order valence-corrected chi connectivity index (χ0v) is 10.8. The molecule has 0 bridgehead atoms. The monoisotopic (exact) mass is 247 g/mol. The normalized spacial score (nSPS) is 13.0. The van der Waals surface area contributed by atoms with E-state index >= 15 is 0 Å². The molecule has 1 unspecified atom stereocenters. The second kappa shape index (κ2) is 6.52. The van der Waals surface area contributed by atoms with E-state index in [2.05, 4.69) is 23.4 Å². The molecule has 18 heavy (non-hydrogen) atoms. The molecular weight excluding hydrogens is 226 g/mol. The Balaban J connectivity index is 1.77. The second-order valence-corrected chi connectivity index (χ2v) is 4.81. The predicted octanol–water partition coefficient (Wildman–Crippen LogP) is 1.83. The van der Waals surface area contributed by atoms with Crippen LogP contribution in [0.4, 0.5) is 0 Å². The Morgan fingerprint density at radius 3 is 3.17 bits per heavy atom. The molecule has 2 aromatic heterocycles. The van der Waals surface area contributed by atoms with Crippen LogP contribution in [-0.4, -0.2) is 27.9 Å². The van der Waals surface area contributed by atoms with Crippen molar-refractivity contribution in [1.29, 1.82) is 0 Å². The van der Waals surface area contributed by atoms with Crippen molar-refractivity contribution in [3.05, 3.63) is 36.2 Å². The highest BCUT2D eigenvalue weighted by molar-refractivity contribution is 5.53. The molecule has 0 radical (unpaired) electrons. The molecule has 1 atom stereocenters. The fourth-order valence-corrected chi connectivity index (χ4v) is 2.01. The summed E-state index contributed by atoms with van der Waals surface area (Å²) in [7, 11) is 0. The van der Waals surface area contributed by atoms with Crippen LogP contribution >= 0.6 is 0 Å². The average molecular weight is 247 g/mol. The van der Waals surface area contributed by atoms with Gasteiger partial charge in [-0.1, -0.05) is 13.0 Å². The van der Waals surface area contributed by atoms with Gasteiger partial charge in [0.25, 0.3) is 0 Å². The van der Waals surface area contributed by atoms with E-state index in [4.69, 9.17) is 5.11 Å². The quantitative estimate of drug-likeness (QED) is 0.734. The van der Waals surface area contributed by atoms with Crippen molar-refractivity contribution < 1.29 is 5.11 Å². The summed E-state index contributed by atoms with van der Waals surface area (Å²) >= 11 is 0. The fraction of sp³-hybridized carbons (Fsp3) is 0.500. The third-order valence-corrected chi connectivity index (χ3v) is 3.18. The maximum absolute atomic E-state index is 8.93. The summed E-state index contributed by atoms with van der Waals surface area (Å²) in [6.07, 6.45) is 6.04. The van der Waals surface area contributed by atoms with Gasteiger partial charge in [0.1, 0.15) is 0 Å². The van der Waals surface area contributed by atoms with Gasteiger partial charge in [0.2, 0.25) is 0 Å². The lowest BCUT2D eigenvalue weighted by molar-refractivity contribution is 0.228. The Kier molecular flexibility index (Phi) is 4.73. The number of nitrogens with zero attached hydrogens (tertiary/aromatic N) is 2. The minimum absolute atomic E-state index is 0.286. The molecule has 4 heteroatoms. The predicted molar refractivity (Wildman–Crippen MR) is 72.4 cm³/mol. The summed E-state index contributed by atoms with van der Waals surface area (Å²) in [4.78, 5) is 0. The maximum Gasteiger partial charge on any atom is 0.0706 e. The number of rotatable bonds is 7. The van der Waals surface area contributed by atoms with Gasteiger partial charge in [0.05, 0.1) is 11.7 Å². The summed E-state index contributed by atoms with van der Waals surface area (Å²) in [5, 5.41) is 16.7. The van der Waals surface area contributed by atoms with Crippen LogP contribution in [0.5, 0.6) is 0 Å². The lowest BCUT2D eigenvalue weighted by atomic mass is 10.1. The summed E-state index contributed by atoms with van der Waals surface area (Å²) in [6, 6.07) is 6.09. The molecule has 0 aromatic carbocycles. The average Bonchev–Trinajstić information content (AvgIpc) is 2.81. The van der Waals surface area contributed by atoms with Crippen LogP contribution in [0.25, 0.3) is 5.52 Å². The van der Waals surface area contributed by atoms with Crippen LogP contribution < -0.4 is 5.32 Å². The lowest BCUT2D eigenvalue weighted by Gasteiger charge is -2.07. The van der Waals surface area contributed by atoms with Gasteiger partial charge in [-0.3, -0.25) is 0 Å². The van der Waals surface area contributed by atoms with Crippen molar-refractivity contribution in [2.45, 2.75) is 26.3 Å². The SMILES string of the molecule is CC(CO)CCCNCc1cnn2ccccc12. The van der Waals surface area contributed by atoms with E-state index < -0.39 is 0 Å². The standard InChI is InChI=1S/C14H21N3O/c1-12(11-18)5-4-7-15-9-13-10-16-17-8-3-2-6-14(13)17/h2-3,6,8,10,12,15,18H,4-5,7,9,11H2,1H3. The van der Waals surface area contributed by atoms with Crippen LogP contribution in [0.2, 0.25) is 0 Å². The third-order valence-electron chi connectivity index (χ3n) is 3.18. The number of nitrogens with one attached hydrogen (secondary N) is 1. The molecule has 98 valence electrons. The van der Waals surface area contributed by atoms with Crippen molar-refractivity contribution in [1.82, 2.24) is 14.9 Å². The highest BCUT2D eigenvalue weighted by Gasteiger charge is 2.03. The van der Waals surface area contributed by atoms with E-state index in [0.29, 0.717) is 5.92 Å². The lowest BCUT2D eigenvalue weighted by Crippen LogP contribution is -2.15. The smallest absolute Gasteiger partial charge is 0.0706 e. The zero-order valence-electron chi connectivity index (χ0n) is 10.8. The first-order chi connectivity index (χ1) is 8.81. The van der Waals surface area contributed by atoms with Gasteiger partial charge >= 0.3 is 0 Å². The highest BCUT2D eigenvalue weighted by Crippen LogP contribution is 2.09. The topological polar surface area (TPSA) is 49.6 Å². The van der Waals surface area contributed by atoms with Gasteiger partial charge in [-0.2, -0.15) is 5.10 Å². The van der Waals surface area contributed by atoms with Gasteiger partial charge in [-0.15, -0.1) is 0 Å². The third kappa shape index (κ3) is 3.31. The zero-order chi connectivity index (χ0) is 12.8. The Hall–Kier alpha value is -1.39. The number of aliphatic hydroxyl groups is 1. The van der Waals surface area contributed by atoms with Gasteiger partial charge in [-0.05, 0) is 37.4 Å². The number of pyridine rings is 1. The second-order valence-electron chi connectivity index (χ2n) is 4.81. The van der Waals surface area contributed by atoms with Crippen LogP contribution in [0.1, 0.15) is 25.3 Å². The molecule has 2 heterocycles. The summed E-state index contributed by atoms with van der Waals surface area (Å²) in [5.41, 5.74) is 2.39. The van der Waals surface area contributed by atoms with Crippen molar-refractivity contribution in [2.24, 2.45) is 5.92 Å². The van der Waals surface area contributed by atoms with Crippen molar-refractivity contribution in [3.63, 3.8) is 0 Å². The number of fused-ring (bicyclic) bond motifs is 1. The van der Waals surface area contributed by atoms with Gasteiger partial charge < -0.3 is 10.4 Å². The molecule has 2 rings (SSSR count). The van der Waals surface area contributed by atoms with E-state index in [1.807, 2.05) is 29.0 Å². The Morgan fingerprint density at radius 2 is 2.33 bits per heavy atom. The molecular formula is C14H21N3O. The first-order valence-corrected chi connectivity index (χ1v) is 6.54. The largest absolute Gasteiger partial charge is 0.396 e. The van der Waals surface area contributed by atoms with Gasteiger partial charge in [-0.25, -0.2) is 4.52 Å². The van der Waals surface area contributed by atoms with Gasteiger partial charge in [0, 0.05) is 24.9 Å². The van der Waals surface area contributed by atoms with E-state index in [0.717, 1.165) is 31.4 Å².